The number of hydrogen-bond donors (Lipinski definition) is 1. The average molecular weight is 350 g/mol. The molecular weight excluding hydrogens is 324 g/mol. The second-order valence-electron chi connectivity index (χ2n) is 7.56. The van der Waals surface area contributed by atoms with Gasteiger partial charge in [0.2, 0.25) is 5.91 Å². The molecule has 1 aliphatic carbocycles. The Hall–Kier alpha value is -2.36. The minimum Gasteiger partial charge on any atom is -0.352 e. The summed E-state index contributed by atoms with van der Waals surface area (Å²) in [7, 11) is 0. The van der Waals surface area contributed by atoms with Gasteiger partial charge in [0.1, 0.15) is 6.04 Å². The fraction of sp³-hybridized carbons (Fsp3) is 0.455. The summed E-state index contributed by atoms with van der Waals surface area (Å²) in [4.78, 5) is 27.6. The van der Waals surface area contributed by atoms with Gasteiger partial charge < -0.3 is 10.2 Å². The molecule has 1 heterocycles. The Labute approximate surface area is 154 Å². The quantitative estimate of drug-likeness (QED) is 0.913. The highest BCUT2D eigenvalue weighted by molar-refractivity contribution is 6.01. The second kappa shape index (κ2) is 7.48. The molecule has 2 aromatic rings. The standard InChI is InChI=1S/C22H26N2O2/c25-21(23-19-9-2-1-3-10-19)20-11-6-14-24(20)22(26)18-13-12-16-7-4-5-8-17(16)15-18/h4-5,7-8,12-13,15,19-20H,1-3,6,9-11,14H2,(H,23,25)/t20-/m0/s1. The number of nitrogens with one attached hydrogen (secondary N) is 1. The molecule has 2 aliphatic rings. The van der Waals surface area contributed by atoms with Crippen LogP contribution in [0.3, 0.4) is 0 Å². The molecule has 0 aromatic heterocycles. The van der Waals surface area contributed by atoms with Crippen molar-refractivity contribution in [3.8, 4) is 0 Å². The molecule has 0 spiro atoms. The Morgan fingerprint density at radius 2 is 1.65 bits per heavy atom. The van der Waals surface area contributed by atoms with Gasteiger partial charge in [0.25, 0.3) is 5.91 Å². The summed E-state index contributed by atoms with van der Waals surface area (Å²) in [5.41, 5.74) is 0.668. The van der Waals surface area contributed by atoms with Crippen molar-refractivity contribution in [1.29, 1.82) is 0 Å². The number of benzene rings is 2. The van der Waals surface area contributed by atoms with Crippen LogP contribution in [0.5, 0.6) is 0 Å². The number of hydrogen-bond acceptors (Lipinski definition) is 2. The lowest BCUT2D eigenvalue weighted by atomic mass is 9.95. The van der Waals surface area contributed by atoms with Gasteiger partial charge in [0.05, 0.1) is 0 Å². The van der Waals surface area contributed by atoms with E-state index in [0.717, 1.165) is 36.5 Å². The van der Waals surface area contributed by atoms with Crippen LogP contribution in [0.2, 0.25) is 0 Å². The van der Waals surface area contributed by atoms with Crippen LogP contribution < -0.4 is 5.32 Å². The summed E-state index contributed by atoms with van der Waals surface area (Å²) in [6, 6.07) is 13.8. The van der Waals surface area contributed by atoms with E-state index in [2.05, 4.69) is 5.32 Å². The highest BCUT2D eigenvalue weighted by Crippen LogP contribution is 2.24. The van der Waals surface area contributed by atoms with Gasteiger partial charge in [-0.3, -0.25) is 9.59 Å². The van der Waals surface area contributed by atoms with Crippen molar-refractivity contribution in [2.24, 2.45) is 0 Å². The summed E-state index contributed by atoms with van der Waals surface area (Å²) >= 11 is 0. The smallest absolute Gasteiger partial charge is 0.254 e. The van der Waals surface area contributed by atoms with Gasteiger partial charge >= 0.3 is 0 Å². The molecule has 4 rings (SSSR count). The van der Waals surface area contributed by atoms with Gasteiger partial charge in [-0.15, -0.1) is 0 Å². The predicted octanol–water partition coefficient (Wildman–Crippen LogP) is 3.89. The Kier molecular flexibility index (Phi) is 4.91. The monoisotopic (exact) mass is 350 g/mol. The van der Waals surface area contributed by atoms with Crippen LogP contribution in [0.15, 0.2) is 42.5 Å². The first kappa shape index (κ1) is 17.1. The fourth-order valence-corrected chi connectivity index (χ4v) is 4.31. The van der Waals surface area contributed by atoms with E-state index in [-0.39, 0.29) is 23.9 Å². The fourth-order valence-electron chi connectivity index (χ4n) is 4.31. The zero-order valence-electron chi connectivity index (χ0n) is 15.1. The zero-order valence-corrected chi connectivity index (χ0v) is 15.1. The van der Waals surface area contributed by atoms with Crippen LogP contribution in [0, 0.1) is 0 Å². The van der Waals surface area contributed by atoms with Crippen molar-refractivity contribution >= 4 is 22.6 Å². The van der Waals surface area contributed by atoms with Gasteiger partial charge in [0.15, 0.2) is 0 Å². The molecule has 2 fully saturated rings. The average Bonchev–Trinajstić information content (AvgIpc) is 3.18. The molecule has 1 saturated heterocycles. The first-order valence-corrected chi connectivity index (χ1v) is 9.82. The number of amides is 2. The lowest BCUT2D eigenvalue weighted by Crippen LogP contribution is -2.49. The lowest BCUT2D eigenvalue weighted by molar-refractivity contribution is -0.125. The number of nitrogens with zero attached hydrogens (tertiary/aromatic N) is 1. The predicted molar refractivity (Wildman–Crippen MR) is 103 cm³/mol. The Morgan fingerprint density at radius 3 is 2.46 bits per heavy atom. The Morgan fingerprint density at radius 1 is 0.885 bits per heavy atom. The van der Waals surface area contributed by atoms with Crippen LogP contribution in [-0.4, -0.2) is 35.3 Å². The van der Waals surface area contributed by atoms with Crippen molar-refractivity contribution < 1.29 is 9.59 Å². The van der Waals surface area contributed by atoms with E-state index < -0.39 is 0 Å². The largest absolute Gasteiger partial charge is 0.352 e. The normalized spacial score (nSPS) is 21.1. The number of fused-ring (bicyclic) bond motifs is 1. The molecular formula is C22H26N2O2. The van der Waals surface area contributed by atoms with Crippen LogP contribution in [0.1, 0.15) is 55.3 Å². The van der Waals surface area contributed by atoms with E-state index in [9.17, 15) is 9.59 Å². The molecule has 2 aromatic carbocycles. The van der Waals surface area contributed by atoms with Gasteiger partial charge in [-0.1, -0.05) is 49.6 Å². The van der Waals surface area contributed by atoms with Crippen molar-refractivity contribution in [3.63, 3.8) is 0 Å². The minimum absolute atomic E-state index is 0.0305. The first-order chi connectivity index (χ1) is 12.7. The summed E-state index contributed by atoms with van der Waals surface area (Å²) < 4.78 is 0. The lowest BCUT2D eigenvalue weighted by Gasteiger charge is -2.28. The zero-order chi connectivity index (χ0) is 17.9. The number of carbonyl (C=O) groups is 2. The van der Waals surface area contributed by atoms with Gasteiger partial charge in [-0.25, -0.2) is 0 Å². The van der Waals surface area contributed by atoms with Gasteiger partial charge in [0, 0.05) is 18.2 Å². The topological polar surface area (TPSA) is 49.4 Å². The van der Waals surface area contributed by atoms with Crippen LogP contribution in [-0.2, 0) is 4.79 Å². The molecule has 0 radical (unpaired) electrons. The molecule has 136 valence electrons. The third kappa shape index (κ3) is 3.46. The first-order valence-electron chi connectivity index (χ1n) is 9.82. The van der Waals surface area contributed by atoms with E-state index in [1.165, 1.54) is 19.3 Å². The molecule has 1 aliphatic heterocycles. The third-order valence-corrected chi connectivity index (χ3v) is 5.76. The van der Waals surface area contributed by atoms with Crippen molar-refractivity contribution in [1.82, 2.24) is 10.2 Å². The molecule has 4 heteroatoms. The maximum Gasteiger partial charge on any atom is 0.254 e. The summed E-state index contributed by atoms with van der Waals surface area (Å²) in [5, 5.41) is 5.37. The van der Waals surface area contributed by atoms with Crippen molar-refractivity contribution in [2.45, 2.75) is 57.0 Å². The minimum atomic E-state index is -0.323. The Balaban J connectivity index is 1.49. The van der Waals surface area contributed by atoms with E-state index in [1.807, 2.05) is 42.5 Å². The van der Waals surface area contributed by atoms with E-state index in [0.29, 0.717) is 12.1 Å². The van der Waals surface area contributed by atoms with E-state index in [4.69, 9.17) is 0 Å². The molecule has 2 amide bonds. The summed E-state index contributed by atoms with van der Waals surface area (Å²) in [5.74, 6) is 0.000543. The molecule has 1 atom stereocenters. The second-order valence-corrected chi connectivity index (χ2v) is 7.56. The van der Waals surface area contributed by atoms with E-state index in [1.54, 1.807) is 4.90 Å². The van der Waals surface area contributed by atoms with Crippen LogP contribution in [0.4, 0.5) is 0 Å². The maximum absolute atomic E-state index is 13.0. The molecule has 1 saturated carbocycles. The van der Waals surface area contributed by atoms with Crippen LogP contribution >= 0.6 is 0 Å². The summed E-state index contributed by atoms with van der Waals surface area (Å²) in [6.07, 6.45) is 7.43. The SMILES string of the molecule is O=C(NC1CCCCC1)[C@@H]1CCCN1C(=O)c1ccc2ccccc2c1. The number of carbonyl (C=O) groups excluding carboxylic acids is 2. The maximum atomic E-state index is 13.0. The molecule has 4 nitrogen and oxygen atoms in total. The van der Waals surface area contributed by atoms with E-state index >= 15 is 0 Å². The van der Waals surface area contributed by atoms with Crippen molar-refractivity contribution in [3.05, 3.63) is 48.0 Å². The number of rotatable bonds is 3. The Bertz CT molecular complexity index is 811. The highest BCUT2D eigenvalue weighted by atomic mass is 16.2. The van der Waals surface area contributed by atoms with Gasteiger partial charge in [-0.05, 0) is 48.6 Å². The molecule has 0 bridgehead atoms. The molecule has 1 N–H and O–H groups in total. The summed E-state index contributed by atoms with van der Waals surface area (Å²) in [6.45, 7) is 0.661. The third-order valence-electron chi connectivity index (χ3n) is 5.76. The number of likely N-dealkylation sites (tertiary alicyclic amines) is 1. The molecule has 0 unspecified atom stereocenters. The highest BCUT2D eigenvalue weighted by Gasteiger charge is 2.35. The van der Waals surface area contributed by atoms with Crippen molar-refractivity contribution in [2.75, 3.05) is 6.54 Å². The van der Waals surface area contributed by atoms with Crippen LogP contribution in [0.25, 0.3) is 10.8 Å². The van der Waals surface area contributed by atoms with Gasteiger partial charge in [-0.2, -0.15) is 0 Å². The molecule has 26 heavy (non-hydrogen) atoms.